The third-order valence-corrected chi connectivity index (χ3v) is 5.96. The van der Waals surface area contributed by atoms with E-state index in [1.54, 1.807) is 42.5 Å². The fraction of sp³-hybridized carbons (Fsp3) is 0.136. The lowest BCUT2D eigenvalue weighted by atomic mass is 10.2. The number of benzene rings is 3. The molecule has 0 saturated carbocycles. The third kappa shape index (κ3) is 5.78. The lowest BCUT2D eigenvalue weighted by Crippen LogP contribution is -2.15. The van der Waals surface area contributed by atoms with E-state index in [9.17, 15) is 13.2 Å². The zero-order valence-electron chi connectivity index (χ0n) is 17.3. The van der Waals surface area contributed by atoms with Gasteiger partial charge in [-0.1, -0.05) is 15.9 Å². The minimum atomic E-state index is -4.07. The monoisotopic (exact) mass is 520 g/mol. The number of hydrogen-bond donors (Lipinski definition) is 2. The molecular weight excluding hydrogens is 500 g/mol. The highest BCUT2D eigenvalue weighted by molar-refractivity contribution is 9.10. The molecule has 0 aromatic heterocycles. The summed E-state index contributed by atoms with van der Waals surface area (Å²) in [6.07, 6.45) is 0. The van der Waals surface area contributed by atoms with Crippen LogP contribution in [0.3, 0.4) is 0 Å². The molecule has 0 aliphatic heterocycles. The Morgan fingerprint density at radius 2 is 1.69 bits per heavy atom. The maximum Gasteiger partial charge on any atom is 0.255 e. The van der Waals surface area contributed by atoms with Crippen molar-refractivity contribution in [3.05, 3.63) is 76.3 Å². The van der Waals surface area contributed by atoms with E-state index >= 15 is 0 Å². The van der Waals surface area contributed by atoms with Crippen LogP contribution in [-0.2, 0) is 16.6 Å². The third-order valence-electron chi connectivity index (χ3n) is 4.49. The van der Waals surface area contributed by atoms with Crippen molar-refractivity contribution >= 4 is 37.5 Å². The van der Waals surface area contributed by atoms with Gasteiger partial charge in [0.05, 0.1) is 14.2 Å². The van der Waals surface area contributed by atoms with E-state index in [0.717, 1.165) is 4.47 Å². The predicted molar refractivity (Wildman–Crippen MR) is 124 cm³/mol. The van der Waals surface area contributed by atoms with Crippen LogP contribution in [0.5, 0.6) is 17.2 Å². The first-order chi connectivity index (χ1) is 15.2. The van der Waals surface area contributed by atoms with Gasteiger partial charge in [0.25, 0.3) is 5.91 Å². The predicted octanol–water partition coefficient (Wildman–Crippen LogP) is 3.95. The number of ether oxygens (including phenoxy) is 3. The first kappa shape index (κ1) is 23.6. The summed E-state index contributed by atoms with van der Waals surface area (Å²) >= 11 is 3.32. The van der Waals surface area contributed by atoms with E-state index in [1.807, 2.05) is 0 Å². The highest BCUT2D eigenvalue weighted by Gasteiger charge is 2.18. The summed E-state index contributed by atoms with van der Waals surface area (Å²) in [5.74, 6) is 0.765. The fourth-order valence-corrected chi connectivity index (χ4v) is 3.81. The molecule has 0 unspecified atom stereocenters. The van der Waals surface area contributed by atoms with Crippen LogP contribution in [0.2, 0.25) is 0 Å². The largest absolute Gasteiger partial charge is 0.497 e. The van der Waals surface area contributed by atoms with E-state index in [1.165, 1.54) is 32.4 Å². The van der Waals surface area contributed by atoms with Crippen molar-refractivity contribution in [3.8, 4) is 17.2 Å². The smallest absolute Gasteiger partial charge is 0.255 e. The summed E-state index contributed by atoms with van der Waals surface area (Å²) in [7, 11) is -1.02. The quantitative estimate of drug-likeness (QED) is 0.464. The summed E-state index contributed by atoms with van der Waals surface area (Å²) < 4.78 is 41.2. The minimum Gasteiger partial charge on any atom is -0.497 e. The number of amides is 1. The fourth-order valence-electron chi connectivity index (χ4n) is 2.89. The summed E-state index contributed by atoms with van der Waals surface area (Å²) in [5, 5.41) is 8.06. The van der Waals surface area contributed by atoms with Crippen LogP contribution in [-0.4, -0.2) is 28.5 Å². The zero-order valence-corrected chi connectivity index (χ0v) is 19.7. The van der Waals surface area contributed by atoms with Crippen LogP contribution in [0.15, 0.2) is 70.0 Å². The second kappa shape index (κ2) is 10.0. The second-order valence-corrected chi connectivity index (χ2v) is 9.08. The van der Waals surface area contributed by atoms with E-state index in [2.05, 4.69) is 21.2 Å². The van der Waals surface area contributed by atoms with Gasteiger partial charge in [-0.3, -0.25) is 4.79 Å². The van der Waals surface area contributed by atoms with E-state index < -0.39 is 10.0 Å². The van der Waals surface area contributed by atoms with Crippen molar-refractivity contribution in [1.29, 1.82) is 0 Å². The summed E-state index contributed by atoms with van der Waals surface area (Å²) in [4.78, 5) is 12.3. The van der Waals surface area contributed by atoms with Gasteiger partial charge in [0.15, 0.2) is 0 Å². The molecule has 0 fully saturated rings. The molecule has 3 aromatic rings. The Bertz CT molecular complexity index is 1230. The average molecular weight is 521 g/mol. The number of rotatable bonds is 8. The highest BCUT2D eigenvalue weighted by atomic mass is 79.9. The van der Waals surface area contributed by atoms with Crippen LogP contribution in [0.1, 0.15) is 15.9 Å². The lowest BCUT2D eigenvalue weighted by Gasteiger charge is -2.15. The van der Waals surface area contributed by atoms with Gasteiger partial charge in [0, 0.05) is 27.4 Å². The normalized spacial score (nSPS) is 11.0. The van der Waals surface area contributed by atoms with E-state index in [-0.39, 0.29) is 23.2 Å². The molecule has 0 heterocycles. The Morgan fingerprint density at radius 1 is 0.969 bits per heavy atom. The van der Waals surface area contributed by atoms with Crippen LogP contribution in [0, 0.1) is 0 Å². The first-order valence-corrected chi connectivity index (χ1v) is 11.6. The Kier molecular flexibility index (Phi) is 7.39. The number of sulfonamides is 1. The summed E-state index contributed by atoms with van der Waals surface area (Å²) in [5.41, 5.74) is 1.42. The number of anilines is 1. The topological polar surface area (TPSA) is 117 Å². The van der Waals surface area contributed by atoms with Crippen molar-refractivity contribution in [2.45, 2.75) is 11.5 Å². The van der Waals surface area contributed by atoms with E-state index in [0.29, 0.717) is 28.3 Å². The number of methoxy groups -OCH3 is 2. The summed E-state index contributed by atoms with van der Waals surface area (Å²) in [6.45, 7) is -0.0208. The molecule has 8 nitrogen and oxygen atoms in total. The molecule has 10 heteroatoms. The van der Waals surface area contributed by atoms with Crippen LogP contribution >= 0.6 is 15.9 Å². The van der Waals surface area contributed by atoms with Crippen molar-refractivity contribution < 1.29 is 27.4 Å². The standard InChI is InChI=1S/C22H21BrN2O6S/c1-29-18-8-9-19(30-2)15(11-18)13-31-20-12-17(7-10-21(20)32(24,27)28)25-22(26)14-3-5-16(23)6-4-14/h3-12H,13H2,1-2H3,(H,25,26)(H2,24,27,28). The number of hydrogen-bond acceptors (Lipinski definition) is 6. The lowest BCUT2D eigenvalue weighted by molar-refractivity contribution is 0.102. The molecule has 0 aliphatic rings. The summed E-state index contributed by atoms with van der Waals surface area (Å²) in [6, 6.07) is 16.1. The molecule has 3 aromatic carbocycles. The SMILES string of the molecule is COc1ccc(OC)c(COc2cc(NC(=O)c3ccc(Br)cc3)ccc2S(N)(=O)=O)c1. The molecule has 0 aliphatic carbocycles. The molecule has 3 rings (SSSR count). The Labute approximate surface area is 194 Å². The van der Waals surface area contributed by atoms with Gasteiger partial charge >= 0.3 is 0 Å². The second-order valence-electron chi connectivity index (χ2n) is 6.63. The molecule has 1 amide bonds. The molecular formula is C22H21BrN2O6S. The highest BCUT2D eigenvalue weighted by Crippen LogP contribution is 2.30. The minimum absolute atomic E-state index is 0.00835. The molecule has 0 saturated heterocycles. The number of primary sulfonamides is 1. The number of carbonyl (C=O) groups excluding carboxylic acids is 1. The van der Waals surface area contributed by atoms with Crippen molar-refractivity contribution in [2.24, 2.45) is 5.14 Å². The van der Waals surface area contributed by atoms with Gasteiger partial charge in [-0.05, 0) is 54.6 Å². The van der Waals surface area contributed by atoms with Gasteiger partial charge in [-0.25, -0.2) is 13.6 Å². The number of halogens is 1. The number of nitrogens with two attached hydrogens (primary N) is 1. The van der Waals surface area contributed by atoms with Crippen molar-refractivity contribution in [2.75, 3.05) is 19.5 Å². The molecule has 0 atom stereocenters. The maximum absolute atomic E-state index is 12.5. The first-order valence-electron chi connectivity index (χ1n) is 9.28. The Balaban J connectivity index is 1.88. The molecule has 0 bridgehead atoms. The van der Waals surface area contributed by atoms with Gasteiger partial charge in [0.2, 0.25) is 10.0 Å². The molecule has 3 N–H and O–H groups in total. The van der Waals surface area contributed by atoms with Gasteiger partial charge in [-0.2, -0.15) is 0 Å². The van der Waals surface area contributed by atoms with Gasteiger partial charge in [-0.15, -0.1) is 0 Å². The average Bonchev–Trinajstić information content (AvgIpc) is 2.77. The number of carbonyl (C=O) groups is 1. The van der Waals surface area contributed by atoms with Gasteiger partial charge in [0.1, 0.15) is 28.8 Å². The zero-order chi connectivity index (χ0) is 23.3. The molecule has 32 heavy (non-hydrogen) atoms. The van der Waals surface area contributed by atoms with Crippen LogP contribution < -0.4 is 24.7 Å². The molecule has 0 radical (unpaired) electrons. The number of nitrogens with one attached hydrogen (secondary N) is 1. The van der Waals surface area contributed by atoms with Crippen molar-refractivity contribution in [3.63, 3.8) is 0 Å². The van der Waals surface area contributed by atoms with E-state index in [4.69, 9.17) is 19.3 Å². The van der Waals surface area contributed by atoms with Crippen molar-refractivity contribution in [1.82, 2.24) is 0 Å². The van der Waals surface area contributed by atoms with Crippen LogP contribution in [0.4, 0.5) is 5.69 Å². The Hall–Kier alpha value is -3.08. The van der Waals surface area contributed by atoms with Gasteiger partial charge < -0.3 is 19.5 Å². The molecule has 168 valence electrons. The maximum atomic E-state index is 12.5. The van der Waals surface area contributed by atoms with Crippen LogP contribution in [0.25, 0.3) is 0 Å². The molecule has 0 spiro atoms. The Morgan fingerprint density at radius 3 is 2.31 bits per heavy atom.